The minimum atomic E-state index is -0.991. The largest absolute Gasteiger partial charge is 0.481 e. The van der Waals surface area contributed by atoms with Crippen molar-refractivity contribution in [2.45, 2.75) is 12.5 Å². The number of aliphatic carboxylic acids is 1. The molecule has 0 unspecified atom stereocenters. The van der Waals surface area contributed by atoms with Crippen molar-refractivity contribution in [1.82, 2.24) is 0 Å². The van der Waals surface area contributed by atoms with E-state index in [0.717, 1.165) is 5.56 Å². The fourth-order valence-corrected chi connectivity index (χ4v) is 1.72. The summed E-state index contributed by atoms with van der Waals surface area (Å²) in [6.45, 7) is 0. The second-order valence-corrected chi connectivity index (χ2v) is 3.47. The first-order valence-corrected chi connectivity index (χ1v) is 4.65. The molecule has 0 spiro atoms. The average Bonchev–Trinajstić information content (AvgIpc) is 2.62. The van der Waals surface area contributed by atoms with Crippen LogP contribution >= 0.6 is 0 Å². The third-order valence-corrected chi connectivity index (χ3v) is 2.46. The van der Waals surface area contributed by atoms with Crippen LogP contribution in [0.2, 0.25) is 0 Å². The maximum Gasteiger partial charge on any atom is 0.311 e. The van der Waals surface area contributed by atoms with E-state index in [1.165, 1.54) is 0 Å². The molecule has 0 radical (unpaired) electrons. The van der Waals surface area contributed by atoms with Crippen molar-refractivity contribution < 1.29 is 19.4 Å². The highest BCUT2D eigenvalue weighted by Gasteiger charge is 2.40. The van der Waals surface area contributed by atoms with E-state index in [1.54, 1.807) is 24.3 Å². The summed E-state index contributed by atoms with van der Waals surface area (Å²) in [5.74, 6) is -2.20. The molecule has 1 aliphatic rings. The summed E-state index contributed by atoms with van der Waals surface area (Å²) in [5.41, 5.74) is 0.732. The molecule has 1 aromatic rings. The lowest BCUT2D eigenvalue weighted by Crippen LogP contribution is -2.17. The predicted molar refractivity (Wildman–Crippen MR) is 51.0 cm³/mol. The third kappa shape index (κ3) is 1.83. The number of rotatable bonds is 2. The molecule has 0 bridgehead atoms. The molecule has 1 fully saturated rings. The summed E-state index contributed by atoms with van der Waals surface area (Å²) in [4.78, 5) is 22.0. The summed E-state index contributed by atoms with van der Waals surface area (Å²) in [6.07, 6.45) is -0.689. The van der Waals surface area contributed by atoms with Crippen molar-refractivity contribution >= 4 is 11.9 Å². The van der Waals surface area contributed by atoms with Crippen LogP contribution in [0, 0.1) is 5.92 Å². The van der Waals surface area contributed by atoms with Gasteiger partial charge in [0.25, 0.3) is 0 Å². The molecule has 0 aromatic heterocycles. The van der Waals surface area contributed by atoms with Crippen molar-refractivity contribution in [3.05, 3.63) is 35.9 Å². The van der Waals surface area contributed by atoms with Crippen LogP contribution < -0.4 is 0 Å². The van der Waals surface area contributed by atoms with Gasteiger partial charge in [-0.05, 0) is 5.56 Å². The van der Waals surface area contributed by atoms with Gasteiger partial charge < -0.3 is 9.84 Å². The Labute approximate surface area is 86.5 Å². The van der Waals surface area contributed by atoms with Crippen LogP contribution in [0.5, 0.6) is 0 Å². The Hall–Kier alpha value is -1.84. The Kier molecular flexibility index (Phi) is 2.41. The second kappa shape index (κ2) is 3.73. The van der Waals surface area contributed by atoms with Gasteiger partial charge in [0.05, 0.1) is 6.42 Å². The summed E-state index contributed by atoms with van der Waals surface area (Å²) < 4.78 is 5.00. The smallest absolute Gasteiger partial charge is 0.311 e. The van der Waals surface area contributed by atoms with Gasteiger partial charge in [0, 0.05) is 0 Å². The first-order chi connectivity index (χ1) is 7.18. The second-order valence-electron chi connectivity index (χ2n) is 3.47. The summed E-state index contributed by atoms with van der Waals surface area (Å²) in [5, 5.41) is 8.93. The lowest BCUT2D eigenvalue weighted by atomic mass is 9.95. The van der Waals surface area contributed by atoms with Crippen molar-refractivity contribution in [3.8, 4) is 0 Å². The Morgan fingerprint density at radius 2 is 2.00 bits per heavy atom. The molecule has 1 saturated heterocycles. The Balaban J connectivity index is 2.28. The molecule has 1 N–H and O–H groups in total. The van der Waals surface area contributed by atoms with Crippen molar-refractivity contribution in [3.63, 3.8) is 0 Å². The molecule has 0 amide bonds. The van der Waals surface area contributed by atoms with Gasteiger partial charge in [0.1, 0.15) is 12.0 Å². The van der Waals surface area contributed by atoms with Crippen LogP contribution in [0.3, 0.4) is 0 Å². The topological polar surface area (TPSA) is 63.6 Å². The fourth-order valence-electron chi connectivity index (χ4n) is 1.72. The van der Waals surface area contributed by atoms with Crippen LogP contribution in [0.15, 0.2) is 30.3 Å². The van der Waals surface area contributed by atoms with Crippen LogP contribution in [0.1, 0.15) is 18.1 Å². The normalized spacial score (nSPS) is 24.9. The van der Waals surface area contributed by atoms with Gasteiger partial charge >= 0.3 is 11.9 Å². The number of carbonyl (C=O) groups excluding carboxylic acids is 1. The molecule has 78 valence electrons. The van der Waals surface area contributed by atoms with Gasteiger partial charge in [0.2, 0.25) is 0 Å². The molecule has 15 heavy (non-hydrogen) atoms. The summed E-state index contributed by atoms with van der Waals surface area (Å²) in [7, 11) is 0. The number of benzene rings is 1. The zero-order valence-corrected chi connectivity index (χ0v) is 7.92. The maximum absolute atomic E-state index is 11.1. The Morgan fingerprint density at radius 3 is 2.60 bits per heavy atom. The summed E-state index contributed by atoms with van der Waals surface area (Å²) in [6, 6.07) is 8.94. The lowest BCUT2D eigenvalue weighted by Gasteiger charge is -2.13. The maximum atomic E-state index is 11.1. The Bertz CT molecular complexity index is 385. The van der Waals surface area contributed by atoms with Gasteiger partial charge in [-0.15, -0.1) is 0 Å². The predicted octanol–water partition coefficient (Wildman–Crippen LogP) is 1.38. The zero-order valence-electron chi connectivity index (χ0n) is 7.92. The highest BCUT2D eigenvalue weighted by molar-refractivity contribution is 5.82. The Morgan fingerprint density at radius 1 is 1.33 bits per heavy atom. The number of carboxylic acid groups (broad SMARTS) is 1. The number of carbonyl (C=O) groups is 2. The molecule has 2 atom stereocenters. The van der Waals surface area contributed by atoms with Gasteiger partial charge in [0.15, 0.2) is 0 Å². The van der Waals surface area contributed by atoms with Gasteiger partial charge in [-0.3, -0.25) is 9.59 Å². The van der Waals surface area contributed by atoms with Crippen molar-refractivity contribution in [2.75, 3.05) is 0 Å². The highest BCUT2D eigenvalue weighted by Crippen LogP contribution is 2.35. The van der Waals surface area contributed by atoms with Crippen LogP contribution in [0.4, 0.5) is 0 Å². The van der Waals surface area contributed by atoms with Crippen LogP contribution in [-0.2, 0) is 14.3 Å². The van der Waals surface area contributed by atoms with E-state index >= 15 is 0 Å². The SMILES string of the molecule is O=C1C[C@H](C(=O)O)[C@@H](c2ccccc2)O1. The molecule has 0 aliphatic carbocycles. The number of ether oxygens (including phenoxy) is 1. The van der Waals surface area contributed by atoms with E-state index < -0.39 is 24.0 Å². The monoisotopic (exact) mass is 206 g/mol. The van der Waals surface area contributed by atoms with Crippen molar-refractivity contribution in [2.24, 2.45) is 5.92 Å². The number of esters is 1. The van der Waals surface area contributed by atoms with Crippen molar-refractivity contribution in [1.29, 1.82) is 0 Å². The molecular weight excluding hydrogens is 196 g/mol. The van der Waals surface area contributed by atoms with Crippen LogP contribution in [0.25, 0.3) is 0 Å². The average molecular weight is 206 g/mol. The number of carboxylic acids is 1. The van der Waals surface area contributed by atoms with E-state index in [9.17, 15) is 9.59 Å². The third-order valence-electron chi connectivity index (χ3n) is 2.46. The summed E-state index contributed by atoms with van der Waals surface area (Å²) >= 11 is 0. The molecule has 2 rings (SSSR count). The van der Waals surface area contributed by atoms with E-state index in [4.69, 9.17) is 9.84 Å². The van der Waals surface area contributed by atoms with Gasteiger partial charge in [-0.25, -0.2) is 0 Å². The van der Waals surface area contributed by atoms with E-state index in [2.05, 4.69) is 0 Å². The lowest BCUT2D eigenvalue weighted by molar-refractivity contribution is -0.144. The van der Waals surface area contributed by atoms with Gasteiger partial charge in [-0.1, -0.05) is 30.3 Å². The number of hydrogen-bond donors (Lipinski definition) is 1. The molecule has 1 aliphatic heterocycles. The fraction of sp³-hybridized carbons (Fsp3) is 0.273. The minimum absolute atomic E-state index is 0.0467. The zero-order chi connectivity index (χ0) is 10.8. The minimum Gasteiger partial charge on any atom is -0.481 e. The van der Waals surface area contributed by atoms with Gasteiger partial charge in [-0.2, -0.15) is 0 Å². The van der Waals surface area contributed by atoms with Crippen LogP contribution in [-0.4, -0.2) is 17.0 Å². The first kappa shape index (κ1) is 9.71. The van der Waals surface area contributed by atoms with E-state index in [1.807, 2.05) is 6.07 Å². The highest BCUT2D eigenvalue weighted by atomic mass is 16.6. The molecule has 0 saturated carbocycles. The van der Waals surface area contributed by atoms with E-state index in [0.29, 0.717) is 0 Å². The molecular formula is C11H10O4. The number of cyclic esters (lactones) is 1. The molecule has 1 heterocycles. The standard InChI is InChI=1S/C11H10O4/c12-9-6-8(11(13)14)10(15-9)7-4-2-1-3-5-7/h1-5,8,10H,6H2,(H,13,14)/t8-,10+/m0/s1. The quantitative estimate of drug-likeness (QED) is 0.742. The van der Waals surface area contributed by atoms with E-state index in [-0.39, 0.29) is 6.42 Å². The number of hydrogen-bond acceptors (Lipinski definition) is 3. The first-order valence-electron chi connectivity index (χ1n) is 4.65. The molecule has 4 nitrogen and oxygen atoms in total. The molecule has 4 heteroatoms. The molecule has 1 aromatic carbocycles.